The Morgan fingerprint density at radius 3 is 2.39 bits per heavy atom. The minimum atomic E-state index is -0.426. The number of amides is 2. The van der Waals surface area contributed by atoms with Crippen molar-refractivity contribution in [3.05, 3.63) is 83.8 Å². The highest BCUT2D eigenvalue weighted by atomic mass is 19.1. The number of anilines is 1. The van der Waals surface area contributed by atoms with Gasteiger partial charge in [0, 0.05) is 11.1 Å². The summed E-state index contributed by atoms with van der Waals surface area (Å²) < 4.78 is 19.0. The summed E-state index contributed by atoms with van der Waals surface area (Å²) in [5.41, 5.74) is 1.60. The van der Waals surface area contributed by atoms with Crippen LogP contribution in [0.1, 0.15) is 19.4 Å². The van der Waals surface area contributed by atoms with Crippen LogP contribution < -0.4 is 5.32 Å². The zero-order valence-corrected chi connectivity index (χ0v) is 17.4. The number of nitrogens with one attached hydrogen (secondary N) is 1. The molecule has 0 bridgehead atoms. The van der Waals surface area contributed by atoms with Crippen LogP contribution in [0.3, 0.4) is 0 Å². The van der Waals surface area contributed by atoms with Gasteiger partial charge in [0.15, 0.2) is 0 Å². The highest BCUT2D eigenvalue weighted by Crippen LogP contribution is 2.32. The lowest BCUT2D eigenvalue weighted by molar-refractivity contribution is -0.137. The minimum Gasteiger partial charge on any atom is -0.377 e. The molecule has 3 aromatic carbocycles. The molecule has 2 amide bonds. The van der Waals surface area contributed by atoms with Crippen molar-refractivity contribution in [2.75, 3.05) is 18.5 Å². The van der Waals surface area contributed by atoms with Gasteiger partial charge in [-0.15, -0.1) is 0 Å². The highest BCUT2D eigenvalue weighted by molar-refractivity contribution is 6.36. The number of carbonyl (C=O) groups excluding carboxylic acids is 2. The predicted octanol–water partition coefficient (Wildman–Crippen LogP) is 4.60. The van der Waals surface area contributed by atoms with E-state index in [0.717, 1.165) is 10.8 Å². The van der Waals surface area contributed by atoms with Gasteiger partial charge in [0.2, 0.25) is 0 Å². The summed E-state index contributed by atoms with van der Waals surface area (Å²) in [5, 5.41) is 5.13. The van der Waals surface area contributed by atoms with E-state index in [9.17, 15) is 14.0 Å². The van der Waals surface area contributed by atoms with Gasteiger partial charge >= 0.3 is 0 Å². The third-order valence-electron chi connectivity index (χ3n) is 5.12. The maximum Gasteiger partial charge on any atom is 0.278 e. The Morgan fingerprint density at radius 2 is 1.65 bits per heavy atom. The maximum atomic E-state index is 13.5. The zero-order chi connectivity index (χ0) is 22.0. The van der Waals surface area contributed by atoms with Gasteiger partial charge in [-0.05, 0) is 43.0 Å². The van der Waals surface area contributed by atoms with E-state index in [0.29, 0.717) is 11.3 Å². The van der Waals surface area contributed by atoms with E-state index < -0.39 is 17.6 Å². The van der Waals surface area contributed by atoms with E-state index in [1.165, 1.54) is 29.2 Å². The van der Waals surface area contributed by atoms with Gasteiger partial charge in [0.1, 0.15) is 11.5 Å². The molecule has 1 aliphatic heterocycles. The van der Waals surface area contributed by atoms with Crippen molar-refractivity contribution in [3.63, 3.8) is 0 Å². The molecular formula is C25H23FN2O3. The second-order valence-corrected chi connectivity index (χ2v) is 7.59. The Labute approximate surface area is 180 Å². The van der Waals surface area contributed by atoms with Crippen molar-refractivity contribution in [1.82, 2.24) is 4.90 Å². The normalized spacial score (nSPS) is 14.3. The SMILES string of the molecule is CC(C)OCCN1C(=O)C(Nc2cccc3ccccc23)=C(c2ccc(F)cc2)C1=O. The first kappa shape index (κ1) is 20.8. The molecule has 0 fully saturated rings. The largest absolute Gasteiger partial charge is 0.377 e. The van der Waals surface area contributed by atoms with Gasteiger partial charge in [0.25, 0.3) is 11.8 Å². The lowest BCUT2D eigenvalue weighted by Gasteiger charge is -2.16. The van der Waals surface area contributed by atoms with E-state index in [1.54, 1.807) is 0 Å². The summed E-state index contributed by atoms with van der Waals surface area (Å²) in [6, 6.07) is 19.1. The molecule has 0 aromatic heterocycles. The molecule has 1 N–H and O–H groups in total. The second kappa shape index (κ2) is 8.70. The van der Waals surface area contributed by atoms with Crippen molar-refractivity contribution in [2.24, 2.45) is 0 Å². The number of ether oxygens (including phenoxy) is 1. The van der Waals surface area contributed by atoms with Gasteiger partial charge in [0.05, 0.1) is 24.8 Å². The van der Waals surface area contributed by atoms with Crippen molar-refractivity contribution >= 4 is 33.8 Å². The molecule has 6 heteroatoms. The molecule has 0 aliphatic carbocycles. The van der Waals surface area contributed by atoms with Crippen molar-refractivity contribution < 1.29 is 18.7 Å². The molecule has 1 aliphatic rings. The third-order valence-corrected chi connectivity index (χ3v) is 5.12. The number of halogens is 1. The van der Waals surface area contributed by atoms with Crippen LogP contribution in [0, 0.1) is 5.82 Å². The summed E-state index contributed by atoms with van der Waals surface area (Å²) in [4.78, 5) is 27.6. The number of hydrogen-bond acceptors (Lipinski definition) is 4. The van der Waals surface area contributed by atoms with Crippen LogP contribution in [-0.4, -0.2) is 36.0 Å². The molecule has 0 unspecified atom stereocenters. The minimum absolute atomic E-state index is 0.00869. The molecule has 158 valence electrons. The number of carbonyl (C=O) groups is 2. The molecule has 0 saturated carbocycles. The van der Waals surface area contributed by atoms with Gasteiger partial charge in [-0.3, -0.25) is 14.5 Å². The Kier molecular flexibility index (Phi) is 5.82. The molecular weight excluding hydrogens is 395 g/mol. The summed E-state index contributed by atoms with van der Waals surface area (Å²) >= 11 is 0. The number of imide groups is 1. The number of fused-ring (bicyclic) bond motifs is 1. The Balaban J connectivity index is 1.75. The molecule has 3 aromatic rings. The van der Waals surface area contributed by atoms with Gasteiger partial charge in [-0.2, -0.15) is 0 Å². The maximum absolute atomic E-state index is 13.5. The lowest BCUT2D eigenvalue weighted by atomic mass is 10.0. The van der Waals surface area contributed by atoms with Crippen LogP contribution in [0.25, 0.3) is 16.3 Å². The third kappa shape index (κ3) is 4.20. The fraction of sp³-hybridized carbons (Fsp3) is 0.200. The van der Waals surface area contributed by atoms with Crippen molar-refractivity contribution in [2.45, 2.75) is 20.0 Å². The van der Waals surface area contributed by atoms with Crippen LogP contribution >= 0.6 is 0 Å². The Hall–Kier alpha value is -3.51. The van der Waals surface area contributed by atoms with Crippen molar-refractivity contribution in [3.8, 4) is 0 Å². The van der Waals surface area contributed by atoms with Crippen LogP contribution in [0.2, 0.25) is 0 Å². The first-order valence-electron chi connectivity index (χ1n) is 10.2. The van der Waals surface area contributed by atoms with E-state index in [1.807, 2.05) is 56.3 Å². The lowest BCUT2D eigenvalue weighted by Crippen LogP contribution is -2.35. The fourth-order valence-corrected chi connectivity index (χ4v) is 3.63. The molecule has 0 spiro atoms. The predicted molar refractivity (Wildman–Crippen MR) is 119 cm³/mol. The Bertz CT molecular complexity index is 1160. The monoisotopic (exact) mass is 418 g/mol. The summed E-state index contributed by atoms with van der Waals surface area (Å²) in [7, 11) is 0. The number of rotatable bonds is 7. The summed E-state index contributed by atoms with van der Waals surface area (Å²) in [5.74, 6) is -1.26. The smallest absolute Gasteiger partial charge is 0.278 e. The van der Waals surface area contributed by atoms with E-state index in [4.69, 9.17) is 4.74 Å². The molecule has 0 atom stereocenters. The van der Waals surface area contributed by atoms with Crippen molar-refractivity contribution in [1.29, 1.82) is 0 Å². The molecule has 0 saturated heterocycles. The first-order chi connectivity index (χ1) is 15.0. The first-order valence-corrected chi connectivity index (χ1v) is 10.2. The van der Waals surface area contributed by atoms with Gasteiger partial charge in [-0.1, -0.05) is 48.5 Å². The average molecular weight is 418 g/mol. The van der Waals surface area contributed by atoms with Crippen LogP contribution in [-0.2, 0) is 14.3 Å². The highest BCUT2D eigenvalue weighted by Gasteiger charge is 2.39. The molecule has 5 nitrogen and oxygen atoms in total. The number of benzene rings is 3. The van der Waals surface area contributed by atoms with E-state index in [2.05, 4.69) is 5.32 Å². The quantitative estimate of drug-likeness (QED) is 0.570. The zero-order valence-electron chi connectivity index (χ0n) is 17.4. The van der Waals surface area contributed by atoms with Crippen LogP contribution in [0.5, 0.6) is 0 Å². The topological polar surface area (TPSA) is 58.6 Å². The van der Waals surface area contributed by atoms with Gasteiger partial charge in [-0.25, -0.2) is 4.39 Å². The average Bonchev–Trinajstić information content (AvgIpc) is 2.99. The fourth-order valence-electron chi connectivity index (χ4n) is 3.63. The second-order valence-electron chi connectivity index (χ2n) is 7.59. The van der Waals surface area contributed by atoms with E-state index in [-0.39, 0.29) is 30.5 Å². The molecule has 31 heavy (non-hydrogen) atoms. The van der Waals surface area contributed by atoms with E-state index >= 15 is 0 Å². The van der Waals surface area contributed by atoms with Crippen LogP contribution in [0.15, 0.2) is 72.4 Å². The van der Waals surface area contributed by atoms with Crippen LogP contribution in [0.4, 0.5) is 10.1 Å². The summed E-state index contributed by atoms with van der Waals surface area (Å²) in [6.07, 6.45) is -0.00869. The molecule has 4 rings (SSSR count). The summed E-state index contributed by atoms with van der Waals surface area (Å²) in [6.45, 7) is 4.17. The van der Waals surface area contributed by atoms with Gasteiger partial charge < -0.3 is 10.1 Å². The number of hydrogen-bond donors (Lipinski definition) is 1. The molecule has 0 radical (unpaired) electrons. The standard InChI is InChI=1S/C25H23FN2O3/c1-16(2)31-15-14-28-24(29)22(18-10-12-19(26)13-11-18)23(25(28)30)27-21-9-5-7-17-6-3-4-8-20(17)21/h3-13,16,27H,14-15H2,1-2H3. The molecule has 1 heterocycles. The number of nitrogens with zero attached hydrogens (tertiary/aromatic N) is 1. The Morgan fingerprint density at radius 1 is 0.935 bits per heavy atom.